The Morgan fingerprint density at radius 3 is 2.57 bits per heavy atom. The molecule has 37 heavy (non-hydrogen) atoms. The number of hydrogen-bond acceptors (Lipinski definition) is 5. The predicted molar refractivity (Wildman–Crippen MR) is 147 cm³/mol. The normalized spacial score (nSPS) is 35.6. The number of carbonyl (C=O) groups is 1. The fraction of sp³-hybridized carbons (Fsp3) is 0.656. The Kier molecular flexibility index (Phi) is 6.83. The van der Waals surface area contributed by atoms with Crippen LogP contribution in [0.2, 0.25) is 0 Å². The van der Waals surface area contributed by atoms with Crippen molar-refractivity contribution in [3.8, 4) is 0 Å². The maximum Gasteiger partial charge on any atom is 0.156 e. The first kappa shape index (κ1) is 25.3. The van der Waals surface area contributed by atoms with E-state index >= 15 is 0 Å². The van der Waals surface area contributed by atoms with Crippen molar-refractivity contribution in [3.05, 3.63) is 52.6 Å². The monoisotopic (exact) mass is 504 g/mol. The molecule has 0 spiro atoms. The summed E-state index contributed by atoms with van der Waals surface area (Å²) in [5.41, 5.74) is 9.52. The quantitative estimate of drug-likeness (QED) is 0.410. The third kappa shape index (κ3) is 4.13. The van der Waals surface area contributed by atoms with Crippen LogP contribution in [0, 0.1) is 17.3 Å². The van der Waals surface area contributed by atoms with Crippen LogP contribution in [0.4, 0.5) is 5.69 Å². The Hall–Kier alpha value is -1.95. The molecular formula is C32H44N2O3. The highest BCUT2D eigenvalue weighted by atomic mass is 16.5. The van der Waals surface area contributed by atoms with Crippen molar-refractivity contribution >= 4 is 11.5 Å². The molecule has 1 heterocycles. The molecule has 5 heteroatoms. The number of ketones is 1. The van der Waals surface area contributed by atoms with E-state index in [1.807, 2.05) is 6.08 Å². The highest BCUT2D eigenvalue weighted by molar-refractivity contribution is 5.93. The zero-order valence-electron chi connectivity index (χ0n) is 22.5. The molecule has 5 nitrogen and oxygen atoms in total. The summed E-state index contributed by atoms with van der Waals surface area (Å²) in [5.74, 6) is 1.59. The van der Waals surface area contributed by atoms with E-state index in [1.165, 1.54) is 41.7 Å². The third-order valence-corrected chi connectivity index (χ3v) is 11.1. The van der Waals surface area contributed by atoms with Gasteiger partial charge in [-0.15, -0.1) is 0 Å². The average Bonchev–Trinajstić information content (AvgIpc) is 3.23. The lowest BCUT2D eigenvalue weighted by atomic mass is 9.50. The minimum Gasteiger partial charge on any atom is -0.396 e. The first-order valence-corrected chi connectivity index (χ1v) is 14.8. The summed E-state index contributed by atoms with van der Waals surface area (Å²) in [5, 5.41) is 20.3. The Balaban J connectivity index is 1.43. The van der Waals surface area contributed by atoms with Crippen molar-refractivity contribution < 1.29 is 15.1 Å². The van der Waals surface area contributed by atoms with Gasteiger partial charge in [0.05, 0.1) is 0 Å². The number of nitrogens with zero attached hydrogens (tertiary/aromatic N) is 1. The van der Waals surface area contributed by atoms with E-state index in [9.17, 15) is 15.1 Å². The van der Waals surface area contributed by atoms with E-state index in [-0.39, 0.29) is 23.3 Å². The van der Waals surface area contributed by atoms with E-state index < -0.39 is 0 Å². The molecule has 1 aromatic rings. The summed E-state index contributed by atoms with van der Waals surface area (Å²) in [6.07, 6.45) is 14.0. The van der Waals surface area contributed by atoms with Gasteiger partial charge >= 0.3 is 0 Å². The number of hydroxylamine groups is 1. The molecule has 0 aromatic heterocycles. The number of fused-ring (bicyclic) bond motifs is 4. The first-order valence-electron chi connectivity index (χ1n) is 14.8. The van der Waals surface area contributed by atoms with Gasteiger partial charge in [0.2, 0.25) is 0 Å². The van der Waals surface area contributed by atoms with Gasteiger partial charge in [0.25, 0.3) is 0 Å². The van der Waals surface area contributed by atoms with Crippen molar-refractivity contribution in [1.29, 1.82) is 0 Å². The van der Waals surface area contributed by atoms with Crippen LogP contribution in [-0.4, -0.2) is 41.3 Å². The lowest BCUT2D eigenvalue weighted by molar-refractivity contribution is -0.114. The van der Waals surface area contributed by atoms with Gasteiger partial charge in [-0.2, -0.15) is 5.48 Å². The minimum atomic E-state index is -0.360. The molecule has 5 atom stereocenters. The molecule has 6 rings (SSSR count). The molecule has 2 unspecified atom stereocenters. The first-order chi connectivity index (χ1) is 18.0. The molecule has 1 aromatic carbocycles. The van der Waals surface area contributed by atoms with Crippen LogP contribution >= 0.6 is 0 Å². The summed E-state index contributed by atoms with van der Waals surface area (Å²) in [6, 6.07) is 9.39. The highest BCUT2D eigenvalue weighted by Gasteiger charge is 2.62. The SMILES string of the molecule is C[C@]12CC(c3ccc(N4CCCCC4)cc3)C3=C4CCC(=O)C=C4CC[C@H]3[C@@H]1CCC2(CCCO)NO. The lowest BCUT2D eigenvalue weighted by Crippen LogP contribution is -2.58. The largest absolute Gasteiger partial charge is 0.396 e. The van der Waals surface area contributed by atoms with Crippen LogP contribution in [0.5, 0.6) is 0 Å². The van der Waals surface area contributed by atoms with Crippen LogP contribution in [0.25, 0.3) is 0 Å². The van der Waals surface area contributed by atoms with Gasteiger partial charge in [0, 0.05) is 43.3 Å². The van der Waals surface area contributed by atoms with Crippen molar-refractivity contribution in [3.63, 3.8) is 0 Å². The maximum absolute atomic E-state index is 12.3. The summed E-state index contributed by atoms with van der Waals surface area (Å²) in [7, 11) is 0. The molecular weight excluding hydrogens is 460 g/mol. The van der Waals surface area contributed by atoms with Gasteiger partial charge in [-0.3, -0.25) is 4.79 Å². The van der Waals surface area contributed by atoms with Gasteiger partial charge in [-0.05, 0) is 123 Å². The van der Waals surface area contributed by atoms with Crippen LogP contribution < -0.4 is 10.4 Å². The summed E-state index contributed by atoms with van der Waals surface area (Å²) in [4.78, 5) is 14.8. The minimum absolute atomic E-state index is 0.0619. The van der Waals surface area contributed by atoms with Gasteiger partial charge in [-0.1, -0.05) is 24.6 Å². The number of anilines is 1. The van der Waals surface area contributed by atoms with E-state index in [1.54, 1.807) is 5.57 Å². The molecule has 3 N–H and O–H groups in total. The molecule has 1 saturated heterocycles. The summed E-state index contributed by atoms with van der Waals surface area (Å²) >= 11 is 0. The van der Waals surface area contributed by atoms with Crippen molar-refractivity contribution in [2.75, 3.05) is 24.6 Å². The molecule has 0 amide bonds. The van der Waals surface area contributed by atoms with E-state index in [4.69, 9.17) is 0 Å². The highest BCUT2D eigenvalue weighted by Crippen LogP contribution is 2.67. The summed E-state index contributed by atoms with van der Waals surface area (Å²) < 4.78 is 0. The van der Waals surface area contributed by atoms with Gasteiger partial charge in [0.1, 0.15) is 0 Å². The van der Waals surface area contributed by atoms with Crippen LogP contribution in [0.1, 0.15) is 95.5 Å². The predicted octanol–water partition coefficient (Wildman–Crippen LogP) is 6.07. The molecule has 4 aliphatic carbocycles. The molecule has 200 valence electrons. The Morgan fingerprint density at radius 1 is 1.05 bits per heavy atom. The molecule has 0 bridgehead atoms. The fourth-order valence-corrected chi connectivity index (χ4v) is 9.18. The van der Waals surface area contributed by atoms with E-state index in [2.05, 4.69) is 41.6 Å². The van der Waals surface area contributed by atoms with E-state index in [0.717, 1.165) is 58.0 Å². The smallest absolute Gasteiger partial charge is 0.156 e. The summed E-state index contributed by atoms with van der Waals surface area (Å²) in [6.45, 7) is 4.87. The second-order valence-corrected chi connectivity index (χ2v) is 12.7. The molecule has 1 aliphatic heterocycles. The topological polar surface area (TPSA) is 72.8 Å². The van der Waals surface area contributed by atoms with Crippen molar-refractivity contribution in [2.24, 2.45) is 17.3 Å². The lowest BCUT2D eigenvalue weighted by Gasteiger charge is -2.56. The second-order valence-electron chi connectivity index (χ2n) is 12.7. The molecule has 0 radical (unpaired) electrons. The number of nitrogens with one attached hydrogen (secondary N) is 1. The van der Waals surface area contributed by atoms with Crippen LogP contribution in [0.15, 0.2) is 47.1 Å². The Labute approximate surface area is 222 Å². The number of rotatable bonds is 6. The Bertz CT molecular complexity index is 1090. The zero-order valence-corrected chi connectivity index (χ0v) is 22.5. The number of aliphatic hydroxyl groups is 1. The Morgan fingerprint density at radius 2 is 1.84 bits per heavy atom. The van der Waals surface area contributed by atoms with Gasteiger partial charge in [0.15, 0.2) is 5.78 Å². The average molecular weight is 505 g/mol. The third-order valence-electron chi connectivity index (χ3n) is 11.1. The maximum atomic E-state index is 12.3. The number of piperidine rings is 1. The van der Waals surface area contributed by atoms with Crippen molar-refractivity contribution in [2.45, 2.75) is 95.4 Å². The number of aliphatic hydroxyl groups excluding tert-OH is 1. The molecule has 2 saturated carbocycles. The van der Waals surface area contributed by atoms with E-state index in [0.29, 0.717) is 30.6 Å². The second kappa shape index (κ2) is 9.98. The number of hydrogen-bond donors (Lipinski definition) is 3. The van der Waals surface area contributed by atoms with Crippen molar-refractivity contribution in [1.82, 2.24) is 5.48 Å². The van der Waals surface area contributed by atoms with Crippen LogP contribution in [0.3, 0.4) is 0 Å². The fourth-order valence-electron chi connectivity index (χ4n) is 9.18. The standard InChI is InChI=1S/C32H44N2O3/c1-31-21-28(22-6-9-24(10-7-22)34-17-3-2-4-18-34)30-26-13-11-25(36)20-23(26)8-12-27(30)29(31)14-16-32(31,33-37)15-5-19-35/h6-7,9-10,20,27-29,33,35,37H,2-5,8,11-19,21H2,1H3/t27-,28?,29-,31-,32?/m0/s1. The van der Waals surface area contributed by atoms with Gasteiger partial charge in [-0.25, -0.2) is 0 Å². The van der Waals surface area contributed by atoms with Gasteiger partial charge < -0.3 is 15.2 Å². The molecule has 3 fully saturated rings. The number of carbonyl (C=O) groups excluding carboxylic acids is 1. The zero-order chi connectivity index (χ0) is 25.6. The van der Waals surface area contributed by atoms with Crippen LogP contribution in [-0.2, 0) is 4.79 Å². The molecule has 5 aliphatic rings. The number of benzene rings is 1. The number of allylic oxidation sites excluding steroid dienone is 4.